The fourth-order valence-electron chi connectivity index (χ4n) is 9.92. The number of para-hydroxylation sites is 1. The van der Waals surface area contributed by atoms with E-state index in [2.05, 4.69) is 41.2 Å². The first-order valence-electron chi connectivity index (χ1n) is 24.4. The van der Waals surface area contributed by atoms with Crippen LogP contribution in [-0.2, 0) is 41.7 Å². The summed E-state index contributed by atoms with van der Waals surface area (Å²) in [6.07, 6.45) is 8.53. The van der Waals surface area contributed by atoms with Crippen LogP contribution in [0.5, 0.6) is 5.88 Å². The Hall–Kier alpha value is -6.00. The zero-order valence-corrected chi connectivity index (χ0v) is 41.5. The van der Waals surface area contributed by atoms with Crippen molar-refractivity contribution >= 4 is 45.9 Å². The van der Waals surface area contributed by atoms with Crippen LogP contribution >= 0.6 is 0 Å². The number of hydrogen-bond donors (Lipinski definition) is 0. The molecule has 3 saturated heterocycles. The van der Waals surface area contributed by atoms with Gasteiger partial charge in [0, 0.05) is 87.1 Å². The van der Waals surface area contributed by atoms with Gasteiger partial charge in [0.15, 0.2) is 6.73 Å². The van der Waals surface area contributed by atoms with Crippen molar-refractivity contribution < 1.29 is 42.9 Å². The fraction of sp³-hybridized carbons (Fsp3) is 0.547. The number of nitrogens with zero attached hydrogens (tertiary/aromatic N) is 7. The third kappa shape index (κ3) is 13.6. The van der Waals surface area contributed by atoms with Crippen molar-refractivity contribution in [1.29, 1.82) is 0 Å². The molecule has 372 valence electrons. The number of aromatic nitrogens is 3. The number of hydrogen-bond acceptors (Lipinski definition) is 13. The van der Waals surface area contributed by atoms with Crippen molar-refractivity contribution in [3.8, 4) is 5.88 Å². The molecular formula is C53H71N7O9. The van der Waals surface area contributed by atoms with Gasteiger partial charge in [0.2, 0.25) is 24.5 Å². The second-order valence-corrected chi connectivity index (χ2v) is 20.1. The largest absolute Gasteiger partial charge is 0.511 e. The van der Waals surface area contributed by atoms with Crippen molar-refractivity contribution in [2.75, 3.05) is 66.2 Å². The summed E-state index contributed by atoms with van der Waals surface area (Å²) in [4.78, 5) is 67.7. The first-order chi connectivity index (χ1) is 33.0. The fourth-order valence-corrected chi connectivity index (χ4v) is 9.92. The number of pyridine rings is 1. The molecule has 16 nitrogen and oxygen atoms in total. The van der Waals surface area contributed by atoms with Crippen LogP contribution in [0.1, 0.15) is 95.2 Å². The van der Waals surface area contributed by atoms with Gasteiger partial charge in [0.05, 0.1) is 17.0 Å². The molecule has 0 saturated carbocycles. The highest BCUT2D eigenvalue weighted by Gasteiger charge is 2.35. The van der Waals surface area contributed by atoms with Crippen LogP contribution in [0, 0.1) is 12.8 Å². The van der Waals surface area contributed by atoms with Crippen molar-refractivity contribution in [3.63, 3.8) is 0 Å². The number of fused-ring (bicyclic) bond motifs is 2. The zero-order valence-electron chi connectivity index (χ0n) is 41.5. The Kier molecular flexibility index (Phi) is 16.7. The molecule has 2 amide bonds. The summed E-state index contributed by atoms with van der Waals surface area (Å²) in [6.45, 7) is 22.1. The molecule has 3 aliphatic rings. The number of amides is 2. The minimum Gasteiger partial charge on any atom is -0.440 e. The Morgan fingerprint density at radius 3 is 2.12 bits per heavy atom. The van der Waals surface area contributed by atoms with Gasteiger partial charge in [-0.25, -0.2) is 19.3 Å². The average Bonchev–Trinajstić information content (AvgIpc) is 3.74. The monoisotopic (exact) mass is 950 g/mol. The molecule has 0 unspecified atom stereocenters. The number of rotatable bonds is 18. The van der Waals surface area contributed by atoms with Gasteiger partial charge in [-0.15, -0.1) is 13.2 Å². The van der Waals surface area contributed by atoms with E-state index >= 15 is 0 Å². The van der Waals surface area contributed by atoms with Crippen LogP contribution in [0.4, 0.5) is 9.59 Å². The first kappa shape index (κ1) is 50.9. The number of piperidine rings is 2. The van der Waals surface area contributed by atoms with E-state index < -0.39 is 29.4 Å². The first-order valence-corrected chi connectivity index (χ1v) is 24.4. The predicted octanol–water partition coefficient (Wildman–Crippen LogP) is 8.40. The molecule has 0 bridgehead atoms. The van der Waals surface area contributed by atoms with Crippen LogP contribution in [0.15, 0.2) is 74.0 Å². The predicted molar refractivity (Wildman–Crippen MR) is 264 cm³/mol. The van der Waals surface area contributed by atoms with Gasteiger partial charge in [0.1, 0.15) is 11.2 Å². The highest BCUT2D eigenvalue weighted by Crippen LogP contribution is 2.36. The summed E-state index contributed by atoms with van der Waals surface area (Å²) < 4.78 is 29.2. The third-order valence-electron chi connectivity index (χ3n) is 13.7. The summed E-state index contributed by atoms with van der Waals surface area (Å²) in [5.41, 5.74) is 2.69. The van der Waals surface area contributed by atoms with Gasteiger partial charge in [-0.1, -0.05) is 36.4 Å². The van der Waals surface area contributed by atoms with Crippen LogP contribution in [-0.4, -0.2) is 142 Å². The maximum Gasteiger partial charge on any atom is 0.511 e. The smallest absolute Gasteiger partial charge is 0.440 e. The third-order valence-corrected chi connectivity index (χ3v) is 13.7. The van der Waals surface area contributed by atoms with Crippen LogP contribution in [0.3, 0.4) is 0 Å². The number of carbonyl (C=O) groups excluding carboxylic acids is 4. The lowest BCUT2D eigenvalue weighted by molar-refractivity contribution is -0.143. The Balaban J connectivity index is 1.03. The van der Waals surface area contributed by atoms with Gasteiger partial charge in [-0.2, -0.15) is 5.10 Å². The number of aryl methyl sites for hydroxylation is 1. The molecule has 3 fully saturated rings. The van der Waals surface area contributed by atoms with E-state index in [1.54, 1.807) is 44.5 Å². The quantitative estimate of drug-likeness (QED) is 0.0533. The van der Waals surface area contributed by atoms with Gasteiger partial charge >= 0.3 is 12.3 Å². The molecule has 5 heterocycles. The van der Waals surface area contributed by atoms with Crippen LogP contribution < -0.4 is 4.74 Å². The summed E-state index contributed by atoms with van der Waals surface area (Å²) in [7, 11) is 2.17. The van der Waals surface area contributed by atoms with Crippen molar-refractivity contribution in [2.24, 2.45) is 5.92 Å². The van der Waals surface area contributed by atoms with Crippen molar-refractivity contribution in [3.05, 3.63) is 90.7 Å². The Morgan fingerprint density at radius 2 is 1.45 bits per heavy atom. The Labute approximate surface area is 406 Å². The minimum absolute atomic E-state index is 0.000368. The minimum atomic E-state index is -0.847. The van der Waals surface area contributed by atoms with Gasteiger partial charge in [-0.3, -0.25) is 14.5 Å². The van der Waals surface area contributed by atoms with E-state index in [4.69, 9.17) is 28.7 Å². The summed E-state index contributed by atoms with van der Waals surface area (Å²) >= 11 is 0. The summed E-state index contributed by atoms with van der Waals surface area (Å²) in [5.74, 6) is -0.238. The van der Waals surface area contributed by atoms with Gasteiger partial charge in [0.25, 0.3) is 0 Å². The van der Waals surface area contributed by atoms with Crippen LogP contribution in [0.2, 0.25) is 0 Å². The number of likely N-dealkylation sites (tertiary alicyclic amines) is 2. The van der Waals surface area contributed by atoms with E-state index in [0.29, 0.717) is 70.2 Å². The van der Waals surface area contributed by atoms with Gasteiger partial charge in [-0.05, 0) is 122 Å². The molecule has 7 rings (SSSR count). The van der Waals surface area contributed by atoms with Gasteiger partial charge < -0.3 is 38.4 Å². The molecular weight excluding hydrogens is 879 g/mol. The Bertz CT molecular complexity index is 2460. The highest BCUT2D eigenvalue weighted by atomic mass is 16.8. The number of carbonyl (C=O) groups is 4. The maximum absolute atomic E-state index is 14.7. The standard InChI is InChI=1S/C53H71N7O9/c1-9-19-52(4,5)68-50(63)65-35-60-34-42-31-38(29-37(3)47(42)55-60)30-41(49(62)59-27-25-57(26-28-59)43-17-21-56(8)22-18-43)33-46(61)58-23-15-39(16-24-58)44-32-40-13-11-12-14-45(40)54-48(44)66-36-67-51(64)69-53(6,7)20-10-2/h9-14,29,31-32,34,39,41,43H,1-2,15-28,30,33,35-36H2,3-8H3/t41-/m0/s1. The molecule has 3 aliphatic heterocycles. The second-order valence-electron chi connectivity index (χ2n) is 20.1. The lowest BCUT2D eigenvalue weighted by Gasteiger charge is -2.43. The molecule has 0 aliphatic carbocycles. The zero-order chi connectivity index (χ0) is 49.3. The van der Waals surface area contributed by atoms with E-state index in [1.165, 1.54) is 0 Å². The maximum atomic E-state index is 14.7. The van der Waals surface area contributed by atoms with E-state index in [9.17, 15) is 19.2 Å². The molecule has 4 aromatic rings. The van der Waals surface area contributed by atoms with E-state index in [0.717, 1.165) is 77.5 Å². The number of ether oxygens (including phenoxy) is 5. The summed E-state index contributed by atoms with van der Waals surface area (Å²) in [6, 6.07) is 14.4. The Morgan fingerprint density at radius 1 is 0.797 bits per heavy atom. The van der Waals surface area contributed by atoms with Crippen molar-refractivity contribution in [1.82, 2.24) is 34.4 Å². The molecule has 2 aromatic carbocycles. The normalized spacial score (nSPS) is 17.4. The lowest BCUT2D eigenvalue weighted by atomic mass is 9.88. The number of piperazine rings is 1. The van der Waals surface area contributed by atoms with Crippen molar-refractivity contribution in [2.45, 2.75) is 116 Å². The van der Waals surface area contributed by atoms with Crippen LogP contribution in [0.25, 0.3) is 21.8 Å². The van der Waals surface area contributed by atoms with E-state index in [-0.39, 0.29) is 37.7 Å². The lowest BCUT2D eigenvalue weighted by Crippen LogP contribution is -2.55. The second kappa shape index (κ2) is 22.6. The topological polar surface area (TPSA) is 158 Å². The molecule has 2 aromatic heterocycles. The molecule has 1 atom stereocenters. The summed E-state index contributed by atoms with van der Waals surface area (Å²) in [5, 5.41) is 6.47. The molecule has 0 radical (unpaired) electrons. The number of benzene rings is 2. The highest BCUT2D eigenvalue weighted by molar-refractivity contribution is 5.87. The average molecular weight is 950 g/mol. The molecule has 16 heteroatoms. The molecule has 69 heavy (non-hydrogen) atoms. The molecule has 0 N–H and O–H groups in total. The SMILES string of the molecule is C=CCC(C)(C)OC(=O)OCOc1nc2ccccc2cc1C1CCN(C(=O)C[C@H](Cc2cc(C)c3nn(COC(=O)OC(C)(C)CC=C)cc3c2)C(=O)N2CCN(C3CCN(C)CC3)CC2)CC1. The van der Waals surface area contributed by atoms with E-state index in [1.807, 2.05) is 59.3 Å². The molecule has 0 spiro atoms.